The molecule has 0 bridgehead atoms. The Bertz CT molecular complexity index is 949. The summed E-state index contributed by atoms with van der Waals surface area (Å²) < 4.78 is 12.4. The van der Waals surface area contributed by atoms with E-state index in [1.54, 1.807) is 17.0 Å². The van der Waals surface area contributed by atoms with Gasteiger partial charge in [-0.25, -0.2) is 4.98 Å². The molecule has 1 aromatic carbocycles. The number of ether oxygens (including phenoxy) is 2. The molecule has 0 N–H and O–H groups in total. The van der Waals surface area contributed by atoms with Gasteiger partial charge in [0.05, 0.1) is 19.4 Å². The number of nitrogens with zero attached hydrogens (tertiary/aromatic N) is 3. The van der Waals surface area contributed by atoms with E-state index in [-0.39, 0.29) is 25.1 Å². The van der Waals surface area contributed by atoms with Crippen molar-refractivity contribution in [3.63, 3.8) is 0 Å². The maximum atomic E-state index is 13.1. The van der Waals surface area contributed by atoms with Crippen LogP contribution in [0.25, 0.3) is 10.2 Å². The molecule has 1 aliphatic rings. The van der Waals surface area contributed by atoms with Crippen LogP contribution in [-0.4, -0.2) is 49.8 Å². The molecule has 2 aromatic heterocycles. The number of thiophene rings is 1. The molecular formula is C18H19Cl2N3O3S2. The molecule has 10 heteroatoms. The molecule has 0 atom stereocenters. The second-order valence-corrected chi connectivity index (χ2v) is 9.11. The van der Waals surface area contributed by atoms with Crippen molar-refractivity contribution in [1.29, 1.82) is 0 Å². The van der Waals surface area contributed by atoms with Gasteiger partial charge in [0.25, 0.3) is 5.91 Å². The van der Waals surface area contributed by atoms with E-state index in [0.29, 0.717) is 32.4 Å². The first-order valence-electron chi connectivity index (χ1n) is 8.43. The highest BCUT2D eigenvalue weighted by molar-refractivity contribution is 7.22. The van der Waals surface area contributed by atoms with Gasteiger partial charge in [0, 0.05) is 18.7 Å². The lowest BCUT2D eigenvalue weighted by molar-refractivity contribution is 0.0990. The number of fused-ring (bicyclic) bond motifs is 2. The first kappa shape index (κ1) is 21.1. The van der Waals surface area contributed by atoms with Crippen LogP contribution in [0.15, 0.2) is 24.3 Å². The Morgan fingerprint density at radius 1 is 1.18 bits per heavy atom. The standard InChI is InChI=1S/C18H18ClN3O3S2.ClH/c1-21(2)6-3-7-22(17(23)14-4-5-16(19)26-14)18-20-11-8-12-13(25-10-24-12)9-15(11)27-18;/h4-5,8-9H,3,6-7,10H2,1-2H3;1H. The van der Waals surface area contributed by atoms with Crippen LogP contribution in [-0.2, 0) is 0 Å². The fourth-order valence-electron chi connectivity index (χ4n) is 2.81. The summed E-state index contributed by atoms with van der Waals surface area (Å²) in [5.41, 5.74) is 0.800. The van der Waals surface area contributed by atoms with Gasteiger partial charge in [-0.1, -0.05) is 22.9 Å². The number of halogens is 2. The first-order chi connectivity index (χ1) is 13.0. The monoisotopic (exact) mass is 459 g/mol. The van der Waals surface area contributed by atoms with Crippen LogP contribution in [0.1, 0.15) is 16.1 Å². The number of thiazole rings is 1. The van der Waals surface area contributed by atoms with Crippen LogP contribution < -0.4 is 14.4 Å². The second-order valence-electron chi connectivity index (χ2n) is 6.39. The van der Waals surface area contributed by atoms with Crippen molar-refractivity contribution in [2.24, 2.45) is 0 Å². The molecule has 0 unspecified atom stereocenters. The number of anilines is 1. The molecule has 0 aliphatic carbocycles. The van der Waals surface area contributed by atoms with E-state index in [4.69, 9.17) is 21.1 Å². The Kier molecular flexibility index (Phi) is 6.67. The largest absolute Gasteiger partial charge is 0.454 e. The van der Waals surface area contributed by atoms with Crippen molar-refractivity contribution < 1.29 is 14.3 Å². The van der Waals surface area contributed by atoms with Gasteiger partial charge in [-0.05, 0) is 39.2 Å². The summed E-state index contributed by atoms with van der Waals surface area (Å²) in [6.45, 7) is 1.70. The minimum absolute atomic E-state index is 0. The molecule has 0 fully saturated rings. The third-order valence-corrected chi connectivity index (χ3v) is 6.38. The Labute approximate surface area is 182 Å². The molecule has 0 spiro atoms. The number of benzene rings is 1. The van der Waals surface area contributed by atoms with Crippen LogP contribution in [0.3, 0.4) is 0 Å². The summed E-state index contributed by atoms with van der Waals surface area (Å²) in [5, 5.41) is 0.668. The number of hydrogen-bond acceptors (Lipinski definition) is 7. The lowest BCUT2D eigenvalue weighted by Gasteiger charge is -2.20. The molecule has 3 heterocycles. The highest BCUT2D eigenvalue weighted by Gasteiger charge is 2.24. The third-order valence-electron chi connectivity index (χ3n) is 4.12. The molecule has 0 radical (unpaired) electrons. The van der Waals surface area contributed by atoms with Gasteiger partial charge in [-0.15, -0.1) is 23.7 Å². The average Bonchev–Trinajstić information content (AvgIpc) is 3.34. The Morgan fingerprint density at radius 3 is 2.61 bits per heavy atom. The molecule has 3 aromatic rings. The zero-order valence-electron chi connectivity index (χ0n) is 15.3. The Balaban J connectivity index is 0.00000225. The molecule has 1 aliphatic heterocycles. The number of carbonyl (C=O) groups excluding carboxylic acids is 1. The normalized spacial score (nSPS) is 12.4. The minimum Gasteiger partial charge on any atom is -0.454 e. The quantitative estimate of drug-likeness (QED) is 0.531. The van der Waals surface area contributed by atoms with Crippen LogP contribution in [0.4, 0.5) is 5.13 Å². The van der Waals surface area contributed by atoms with Gasteiger partial charge in [0.15, 0.2) is 16.6 Å². The van der Waals surface area contributed by atoms with Gasteiger partial charge in [-0.3, -0.25) is 9.69 Å². The van der Waals surface area contributed by atoms with E-state index in [1.807, 2.05) is 26.2 Å². The topological polar surface area (TPSA) is 54.9 Å². The smallest absolute Gasteiger partial charge is 0.270 e. The van der Waals surface area contributed by atoms with E-state index >= 15 is 0 Å². The molecule has 0 saturated heterocycles. The molecule has 28 heavy (non-hydrogen) atoms. The highest BCUT2D eigenvalue weighted by atomic mass is 35.5. The molecule has 0 saturated carbocycles. The van der Waals surface area contributed by atoms with Gasteiger partial charge >= 0.3 is 0 Å². The van der Waals surface area contributed by atoms with E-state index in [9.17, 15) is 4.79 Å². The summed E-state index contributed by atoms with van der Waals surface area (Å²) in [5.74, 6) is 1.33. The van der Waals surface area contributed by atoms with Crippen molar-refractivity contribution in [2.75, 3.05) is 38.9 Å². The summed E-state index contributed by atoms with van der Waals surface area (Å²) >= 11 is 8.78. The highest BCUT2D eigenvalue weighted by Crippen LogP contribution is 2.40. The molecule has 1 amide bonds. The number of rotatable bonds is 6. The predicted octanol–water partition coefficient (Wildman–Crippen LogP) is 4.76. The number of hydrogen-bond donors (Lipinski definition) is 0. The maximum absolute atomic E-state index is 13.1. The predicted molar refractivity (Wildman–Crippen MR) is 117 cm³/mol. The van der Waals surface area contributed by atoms with Crippen molar-refractivity contribution >= 4 is 67.9 Å². The number of aromatic nitrogens is 1. The molecule has 150 valence electrons. The van der Waals surface area contributed by atoms with E-state index in [1.165, 1.54) is 22.7 Å². The van der Waals surface area contributed by atoms with Crippen LogP contribution in [0.2, 0.25) is 4.34 Å². The summed E-state index contributed by atoms with van der Waals surface area (Å²) in [6.07, 6.45) is 0.844. The SMILES string of the molecule is CN(C)CCCN(C(=O)c1ccc(Cl)s1)c1nc2cc3c(cc2s1)OCO3.Cl. The lowest BCUT2D eigenvalue weighted by atomic mass is 10.3. The summed E-state index contributed by atoms with van der Waals surface area (Å²) in [6, 6.07) is 7.29. The Morgan fingerprint density at radius 2 is 1.93 bits per heavy atom. The van der Waals surface area contributed by atoms with Gasteiger partial charge in [0.1, 0.15) is 0 Å². The minimum atomic E-state index is -0.0789. The van der Waals surface area contributed by atoms with Crippen LogP contribution >= 0.6 is 46.7 Å². The van der Waals surface area contributed by atoms with E-state index < -0.39 is 0 Å². The van der Waals surface area contributed by atoms with E-state index in [2.05, 4.69) is 9.88 Å². The van der Waals surface area contributed by atoms with Crippen molar-refractivity contribution in [3.05, 3.63) is 33.5 Å². The van der Waals surface area contributed by atoms with Gasteiger partial charge < -0.3 is 14.4 Å². The second kappa shape index (κ2) is 8.84. The fraction of sp³-hybridized carbons (Fsp3) is 0.333. The maximum Gasteiger partial charge on any atom is 0.270 e. The fourth-order valence-corrected chi connectivity index (χ4v) is 4.81. The lowest BCUT2D eigenvalue weighted by Crippen LogP contribution is -2.32. The number of carbonyl (C=O) groups is 1. The van der Waals surface area contributed by atoms with E-state index in [0.717, 1.165) is 23.2 Å². The van der Waals surface area contributed by atoms with Crippen molar-refractivity contribution in [1.82, 2.24) is 9.88 Å². The van der Waals surface area contributed by atoms with Crippen molar-refractivity contribution in [3.8, 4) is 11.5 Å². The van der Waals surface area contributed by atoms with Crippen LogP contribution in [0.5, 0.6) is 11.5 Å². The number of amides is 1. The van der Waals surface area contributed by atoms with Gasteiger partial charge in [0.2, 0.25) is 6.79 Å². The van der Waals surface area contributed by atoms with Crippen LogP contribution in [0, 0.1) is 0 Å². The molecular weight excluding hydrogens is 441 g/mol. The average molecular weight is 460 g/mol. The zero-order chi connectivity index (χ0) is 19.0. The van der Waals surface area contributed by atoms with Crippen molar-refractivity contribution in [2.45, 2.75) is 6.42 Å². The zero-order valence-corrected chi connectivity index (χ0v) is 18.5. The first-order valence-corrected chi connectivity index (χ1v) is 10.4. The summed E-state index contributed by atoms with van der Waals surface area (Å²) in [4.78, 5) is 22.2. The Hall–Kier alpha value is -1.58. The summed E-state index contributed by atoms with van der Waals surface area (Å²) in [7, 11) is 4.04. The van der Waals surface area contributed by atoms with Gasteiger partial charge in [-0.2, -0.15) is 0 Å². The third kappa shape index (κ3) is 4.36. The molecule has 4 rings (SSSR count). The molecule has 6 nitrogen and oxygen atoms in total.